The van der Waals surface area contributed by atoms with Crippen molar-refractivity contribution in [2.75, 3.05) is 5.32 Å². The molecule has 2 aromatic heterocycles. The molecule has 0 amide bonds. The first-order valence-corrected chi connectivity index (χ1v) is 9.66. The van der Waals surface area contributed by atoms with Gasteiger partial charge in [0.05, 0.1) is 28.8 Å². The molecule has 0 unspecified atom stereocenters. The Morgan fingerprint density at radius 2 is 1.53 bits per heavy atom. The maximum atomic E-state index is 9.22. The summed E-state index contributed by atoms with van der Waals surface area (Å²) in [4.78, 5) is 17.1. The van der Waals surface area contributed by atoms with E-state index in [1.807, 2.05) is 13.8 Å². The molecule has 0 bridgehead atoms. The first kappa shape index (κ1) is 20.5. The summed E-state index contributed by atoms with van der Waals surface area (Å²) in [5.74, 6) is 1.27. The number of anilines is 2. The van der Waals surface area contributed by atoms with Crippen molar-refractivity contribution in [1.29, 1.82) is 10.5 Å². The molecule has 1 N–H and O–H groups in total. The third kappa shape index (κ3) is 4.35. The van der Waals surface area contributed by atoms with E-state index in [-0.39, 0.29) is 0 Å². The molecule has 4 aromatic rings. The van der Waals surface area contributed by atoms with Gasteiger partial charge in [-0.25, -0.2) is 15.0 Å². The molecule has 0 fully saturated rings. The minimum atomic E-state index is 0.321. The normalized spacial score (nSPS) is 10.1. The molecule has 8 heteroatoms. The lowest BCUT2D eigenvalue weighted by atomic mass is 10.1. The molecule has 0 saturated heterocycles. The number of aryl methyl sites for hydroxylation is 2. The molecular weight excluding hydrogens is 402 g/mol. The summed E-state index contributed by atoms with van der Waals surface area (Å²) < 4.78 is 6.24. The minimum absolute atomic E-state index is 0.321. The largest absolute Gasteiger partial charge is 0.438 e. The Morgan fingerprint density at radius 1 is 0.875 bits per heavy atom. The van der Waals surface area contributed by atoms with Crippen LogP contribution in [0.25, 0.3) is 11.1 Å². The highest BCUT2D eigenvalue weighted by molar-refractivity contribution is 5.68. The lowest BCUT2D eigenvalue weighted by Crippen LogP contribution is -2.02. The second kappa shape index (κ2) is 8.90. The standard InChI is InChI=1S/C24H17N7O/c1-15-7-18(10-26)8-16(2)22(15)32-23-21(19-11-27-14-28-12-19)13-29-24(31-23)30-20-5-3-17(9-25)4-6-20/h3-8,11-14H,1-2H3,(H,29,30,31). The number of hydrogen-bond acceptors (Lipinski definition) is 8. The molecule has 0 aliphatic heterocycles. The van der Waals surface area contributed by atoms with Crippen molar-refractivity contribution in [3.8, 4) is 34.9 Å². The molecule has 0 radical (unpaired) electrons. The summed E-state index contributed by atoms with van der Waals surface area (Å²) in [6.07, 6.45) is 6.40. The van der Waals surface area contributed by atoms with Crippen LogP contribution in [0.3, 0.4) is 0 Å². The van der Waals surface area contributed by atoms with Crippen molar-refractivity contribution in [2.24, 2.45) is 0 Å². The van der Waals surface area contributed by atoms with Crippen LogP contribution >= 0.6 is 0 Å². The average molecular weight is 419 g/mol. The zero-order valence-corrected chi connectivity index (χ0v) is 17.4. The topological polar surface area (TPSA) is 120 Å². The van der Waals surface area contributed by atoms with E-state index in [9.17, 15) is 5.26 Å². The van der Waals surface area contributed by atoms with Crippen molar-refractivity contribution in [2.45, 2.75) is 13.8 Å². The first-order valence-electron chi connectivity index (χ1n) is 9.66. The second-order valence-corrected chi connectivity index (χ2v) is 7.01. The Labute approximate surface area is 184 Å². The van der Waals surface area contributed by atoms with Gasteiger partial charge in [-0.1, -0.05) is 0 Å². The van der Waals surface area contributed by atoms with Gasteiger partial charge in [0.2, 0.25) is 11.8 Å². The van der Waals surface area contributed by atoms with Crippen LogP contribution in [-0.2, 0) is 0 Å². The van der Waals surface area contributed by atoms with Crippen LogP contribution in [0.2, 0.25) is 0 Å². The third-order valence-electron chi connectivity index (χ3n) is 4.68. The number of benzene rings is 2. The molecule has 0 saturated carbocycles. The van der Waals surface area contributed by atoms with Gasteiger partial charge in [0, 0.05) is 29.8 Å². The van der Waals surface area contributed by atoms with Crippen molar-refractivity contribution < 1.29 is 4.74 Å². The van der Waals surface area contributed by atoms with Gasteiger partial charge >= 0.3 is 0 Å². The van der Waals surface area contributed by atoms with E-state index in [4.69, 9.17) is 10.00 Å². The number of rotatable bonds is 5. The zero-order valence-electron chi connectivity index (χ0n) is 17.4. The van der Waals surface area contributed by atoms with Gasteiger partial charge in [-0.15, -0.1) is 0 Å². The van der Waals surface area contributed by atoms with E-state index >= 15 is 0 Å². The van der Waals surface area contributed by atoms with Crippen molar-refractivity contribution in [3.05, 3.63) is 83.6 Å². The third-order valence-corrected chi connectivity index (χ3v) is 4.68. The van der Waals surface area contributed by atoms with Crippen LogP contribution in [0.15, 0.2) is 61.3 Å². The summed E-state index contributed by atoms with van der Waals surface area (Å²) in [6.45, 7) is 3.76. The van der Waals surface area contributed by atoms with Gasteiger partial charge in [-0.3, -0.25) is 0 Å². The van der Waals surface area contributed by atoms with E-state index in [0.717, 1.165) is 16.8 Å². The molecule has 32 heavy (non-hydrogen) atoms. The van der Waals surface area contributed by atoms with Gasteiger partial charge in [-0.2, -0.15) is 15.5 Å². The van der Waals surface area contributed by atoms with Gasteiger partial charge in [0.25, 0.3) is 0 Å². The van der Waals surface area contributed by atoms with Gasteiger partial charge < -0.3 is 10.1 Å². The first-order chi connectivity index (χ1) is 15.6. The average Bonchev–Trinajstić information content (AvgIpc) is 2.82. The number of nitriles is 2. The van der Waals surface area contributed by atoms with Crippen LogP contribution in [0.5, 0.6) is 11.6 Å². The Kier molecular flexibility index (Phi) is 5.69. The fraction of sp³-hybridized carbons (Fsp3) is 0.0833. The molecule has 0 aliphatic carbocycles. The maximum Gasteiger partial charge on any atom is 0.232 e. The highest BCUT2D eigenvalue weighted by atomic mass is 16.5. The molecule has 2 aromatic carbocycles. The molecule has 4 rings (SSSR count). The zero-order chi connectivity index (χ0) is 22.5. The molecular formula is C24H17N7O. The smallest absolute Gasteiger partial charge is 0.232 e. The molecule has 0 aliphatic rings. The lowest BCUT2D eigenvalue weighted by Gasteiger charge is -2.15. The SMILES string of the molecule is Cc1cc(C#N)cc(C)c1Oc1nc(Nc2ccc(C#N)cc2)ncc1-c1cncnc1. The summed E-state index contributed by atoms with van der Waals surface area (Å²) in [7, 11) is 0. The molecule has 154 valence electrons. The number of aromatic nitrogens is 4. The van der Waals surface area contributed by atoms with Crippen LogP contribution in [-0.4, -0.2) is 19.9 Å². The summed E-state index contributed by atoms with van der Waals surface area (Å²) in [5, 5.41) is 21.3. The van der Waals surface area contributed by atoms with Gasteiger partial charge in [-0.05, 0) is 61.4 Å². The van der Waals surface area contributed by atoms with E-state index in [2.05, 4.69) is 37.4 Å². The van der Waals surface area contributed by atoms with Crippen LogP contribution < -0.4 is 10.1 Å². The van der Waals surface area contributed by atoms with Crippen LogP contribution in [0.1, 0.15) is 22.3 Å². The highest BCUT2D eigenvalue weighted by Gasteiger charge is 2.16. The van der Waals surface area contributed by atoms with E-state index < -0.39 is 0 Å². The van der Waals surface area contributed by atoms with E-state index in [1.165, 1.54) is 6.33 Å². The molecule has 8 nitrogen and oxygen atoms in total. The van der Waals surface area contributed by atoms with Gasteiger partial charge in [0.1, 0.15) is 12.1 Å². The fourth-order valence-electron chi connectivity index (χ4n) is 3.17. The van der Waals surface area contributed by atoms with Crippen LogP contribution in [0, 0.1) is 36.5 Å². The van der Waals surface area contributed by atoms with Crippen LogP contribution in [0.4, 0.5) is 11.6 Å². The predicted octanol–water partition coefficient (Wildman–Crippen LogP) is 4.83. The minimum Gasteiger partial charge on any atom is -0.438 e. The number of nitrogens with one attached hydrogen (secondary N) is 1. The number of ether oxygens (including phenoxy) is 1. The van der Waals surface area contributed by atoms with Crippen molar-refractivity contribution in [1.82, 2.24) is 19.9 Å². The summed E-state index contributed by atoms with van der Waals surface area (Å²) in [6, 6.07) is 14.7. The Morgan fingerprint density at radius 3 is 2.16 bits per heavy atom. The number of nitrogens with zero attached hydrogens (tertiary/aromatic N) is 6. The monoisotopic (exact) mass is 419 g/mol. The summed E-state index contributed by atoms with van der Waals surface area (Å²) >= 11 is 0. The molecule has 0 atom stereocenters. The second-order valence-electron chi connectivity index (χ2n) is 7.01. The van der Waals surface area contributed by atoms with E-state index in [1.54, 1.807) is 55.0 Å². The predicted molar refractivity (Wildman–Crippen MR) is 118 cm³/mol. The van der Waals surface area contributed by atoms with E-state index in [0.29, 0.717) is 39.8 Å². The molecule has 2 heterocycles. The fourth-order valence-corrected chi connectivity index (χ4v) is 3.17. The quantitative estimate of drug-likeness (QED) is 0.488. The Balaban J connectivity index is 1.75. The Bertz CT molecular complexity index is 1330. The Hall–Kier alpha value is -4.82. The molecule has 0 spiro atoms. The van der Waals surface area contributed by atoms with Crippen molar-refractivity contribution >= 4 is 11.6 Å². The highest BCUT2D eigenvalue weighted by Crippen LogP contribution is 2.35. The number of hydrogen-bond donors (Lipinski definition) is 1. The van der Waals surface area contributed by atoms with Crippen molar-refractivity contribution in [3.63, 3.8) is 0 Å². The summed E-state index contributed by atoms with van der Waals surface area (Å²) in [5.41, 5.74) is 4.82. The maximum absolute atomic E-state index is 9.22. The van der Waals surface area contributed by atoms with Gasteiger partial charge in [0.15, 0.2) is 0 Å². The lowest BCUT2D eigenvalue weighted by molar-refractivity contribution is 0.457.